The van der Waals surface area contributed by atoms with Crippen molar-refractivity contribution in [1.29, 1.82) is 0 Å². The number of nitrogens with zero attached hydrogens (tertiary/aromatic N) is 1. The van der Waals surface area contributed by atoms with Crippen molar-refractivity contribution in [1.82, 2.24) is 4.98 Å². The summed E-state index contributed by atoms with van der Waals surface area (Å²) in [6.07, 6.45) is 0. The fraction of sp³-hybridized carbons (Fsp3) is 0.105. The summed E-state index contributed by atoms with van der Waals surface area (Å²) in [5.74, 6) is 0.580. The molecule has 0 saturated carbocycles. The third kappa shape index (κ3) is 2.57. The molecule has 6 nitrogen and oxygen atoms in total. The van der Waals surface area contributed by atoms with Crippen LogP contribution in [0, 0.1) is 0 Å². The largest absolute Gasteiger partial charge is 0.427 e. The summed E-state index contributed by atoms with van der Waals surface area (Å²) in [4.78, 5) is 26.8. The van der Waals surface area contributed by atoms with Gasteiger partial charge >= 0.3 is 11.6 Å². The zero-order valence-corrected chi connectivity index (χ0v) is 13.7. The minimum Gasteiger partial charge on any atom is -0.427 e. The number of carbonyl (C=O) groups excluding carboxylic acids is 1. The van der Waals surface area contributed by atoms with Crippen molar-refractivity contribution in [2.75, 3.05) is 0 Å². The van der Waals surface area contributed by atoms with Gasteiger partial charge in [-0.15, -0.1) is 0 Å². The van der Waals surface area contributed by atoms with Gasteiger partial charge in [0.05, 0.1) is 7.05 Å². The van der Waals surface area contributed by atoms with E-state index in [0.717, 1.165) is 16.4 Å². The Morgan fingerprint density at radius 1 is 1.16 bits per heavy atom. The maximum Gasteiger partial charge on any atom is 0.351 e. The molecule has 0 aliphatic rings. The average molecular weight is 335 g/mol. The fourth-order valence-electron chi connectivity index (χ4n) is 2.94. The van der Waals surface area contributed by atoms with E-state index in [4.69, 9.17) is 9.15 Å². The number of esters is 1. The summed E-state index contributed by atoms with van der Waals surface area (Å²) in [6, 6.07) is 14.5. The lowest BCUT2D eigenvalue weighted by atomic mass is 10.1. The van der Waals surface area contributed by atoms with Crippen LogP contribution in [-0.2, 0) is 11.8 Å². The molecule has 0 fully saturated rings. The van der Waals surface area contributed by atoms with Gasteiger partial charge < -0.3 is 9.15 Å². The number of ether oxygens (including phenoxy) is 1. The molecular weight excluding hydrogens is 320 g/mol. The molecule has 0 aliphatic heterocycles. The Hall–Kier alpha value is -3.41. The first kappa shape index (κ1) is 15.1. The number of H-pyrrole nitrogens is 1. The van der Waals surface area contributed by atoms with E-state index in [1.807, 2.05) is 35.9 Å². The van der Waals surface area contributed by atoms with Crippen molar-refractivity contribution >= 4 is 28.0 Å². The van der Waals surface area contributed by atoms with E-state index in [1.54, 1.807) is 18.2 Å². The van der Waals surface area contributed by atoms with Gasteiger partial charge in [0.15, 0.2) is 16.6 Å². The smallest absolute Gasteiger partial charge is 0.351 e. The Kier molecular flexibility index (Phi) is 3.39. The second kappa shape index (κ2) is 5.59. The summed E-state index contributed by atoms with van der Waals surface area (Å²) >= 11 is 0. The highest BCUT2D eigenvalue weighted by atomic mass is 16.5. The molecule has 124 valence electrons. The highest BCUT2D eigenvalue weighted by molar-refractivity contribution is 5.83. The van der Waals surface area contributed by atoms with E-state index in [2.05, 4.69) is 4.98 Å². The minimum absolute atomic E-state index is 0.340. The van der Waals surface area contributed by atoms with Crippen LogP contribution in [-0.4, -0.2) is 11.0 Å². The maximum atomic E-state index is 12.5. The SMILES string of the molecule is CC(=O)Oc1ccc2cc(-c3[nH]c4ccccc4[n+]3C)c(=O)oc2c1. The molecule has 2 aromatic heterocycles. The number of hydrogen-bond acceptors (Lipinski definition) is 4. The Morgan fingerprint density at radius 3 is 2.72 bits per heavy atom. The van der Waals surface area contributed by atoms with Gasteiger partial charge in [-0.3, -0.25) is 4.79 Å². The Balaban J connectivity index is 1.90. The van der Waals surface area contributed by atoms with Crippen LogP contribution in [0.25, 0.3) is 33.4 Å². The van der Waals surface area contributed by atoms with Gasteiger partial charge in [-0.1, -0.05) is 12.1 Å². The zero-order valence-electron chi connectivity index (χ0n) is 13.7. The molecule has 25 heavy (non-hydrogen) atoms. The lowest BCUT2D eigenvalue weighted by Crippen LogP contribution is -2.30. The van der Waals surface area contributed by atoms with E-state index < -0.39 is 11.6 Å². The van der Waals surface area contributed by atoms with Gasteiger partial charge in [-0.25, -0.2) is 14.3 Å². The number of aromatic amines is 1. The molecule has 1 N–H and O–H groups in total. The molecular formula is C19H15N2O4+. The number of aromatic nitrogens is 2. The summed E-state index contributed by atoms with van der Waals surface area (Å²) in [7, 11) is 1.89. The van der Waals surface area contributed by atoms with Gasteiger partial charge in [0.25, 0.3) is 5.82 Å². The van der Waals surface area contributed by atoms with Crippen LogP contribution >= 0.6 is 0 Å². The van der Waals surface area contributed by atoms with Gasteiger partial charge in [0.2, 0.25) is 0 Å². The van der Waals surface area contributed by atoms with Crippen LogP contribution in [0.2, 0.25) is 0 Å². The third-order valence-electron chi connectivity index (χ3n) is 4.08. The van der Waals surface area contributed by atoms with E-state index in [-0.39, 0.29) is 0 Å². The summed E-state index contributed by atoms with van der Waals surface area (Å²) in [5, 5.41) is 0.740. The molecule has 0 amide bonds. The first-order valence-corrected chi connectivity index (χ1v) is 7.76. The molecule has 0 radical (unpaired) electrons. The number of rotatable bonds is 2. The Labute approximate surface area is 142 Å². The summed E-state index contributed by atoms with van der Waals surface area (Å²) in [5.41, 5.74) is 2.26. The van der Waals surface area contributed by atoms with Crippen LogP contribution in [0.3, 0.4) is 0 Å². The second-order valence-electron chi connectivity index (χ2n) is 5.79. The van der Waals surface area contributed by atoms with Crippen molar-refractivity contribution < 1.29 is 18.5 Å². The predicted octanol–water partition coefficient (Wildman–Crippen LogP) is 2.69. The standard InChI is InChI=1S/C19H14N2O4/c1-11(22)24-13-8-7-12-9-14(19(23)25-17(12)10-13)18-20-15-5-3-4-6-16(15)21(18)2/h3-10H,1-2H3/p+1. The lowest BCUT2D eigenvalue weighted by molar-refractivity contribution is -0.633. The number of benzene rings is 2. The number of carbonyl (C=O) groups is 1. The first-order chi connectivity index (χ1) is 12.0. The van der Waals surface area contributed by atoms with E-state index in [1.165, 1.54) is 13.0 Å². The van der Waals surface area contributed by atoms with Crippen LogP contribution in [0.5, 0.6) is 5.75 Å². The van der Waals surface area contributed by atoms with Gasteiger partial charge in [0, 0.05) is 18.4 Å². The van der Waals surface area contributed by atoms with Crippen LogP contribution in [0.1, 0.15) is 6.92 Å². The van der Waals surface area contributed by atoms with Crippen molar-refractivity contribution in [3.05, 3.63) is 59.0 Å². The molecule has 2 heterocycles. The number of fused-ring (bicyclic) bond motifs is 2. The van der Waals surface area contributed by atoms with Crippen molar-refractivity contribution in [2.24, 2.45) is 7.05 Å². The molecule has 0 aliphatic carbocycles. The zero-order chi connectivity index (χ0) is 17.6. The van der Waals surface area contributed by atoms with Crippen LogP contribution < -0.4 is 14.9 Å². The monoisotopic (exact) mass is 335 g/mol. The van der Waals surface area contributed by atoms with Gasteiger partial charge in [-0.05, 0) is 30.3 Å². The Bertz CT molecular complexity index is 1190. The average Bonchev–Trinajstić information content (AvgIpc) is 2.91. The van der Waals surface area contributed by atoms with E-state index in [9.17, 15) is 9.59 Å². The number of imidazole rings is 1. The summed E-state index contributed by atoms with van der Waals surface area (Å²) < 4.78 is 12.4. The van der Waals surface area contributed by atoms with Gasteiger partial charge in [-0.2, -0.15) is 0 Å². The molecule has 4 aromatic rings. The molecule has 4 rings (SSSR count). The molecule has 6 heteroatoms. The Morgan fingerprint density at radius 2 is 1.96 bits per heavy atom. The topological polar surface area (TPSA) is 76.2 Å². The fourth-order valence-corrected chi connectivity index (χ4v) is 2.94. The van der Waals surface area contributed by atoms with Gasteiger partial charge in [0.1, 0.15) is 11.3 Å². The lowest BCUT2D eigenvalue weighted by Gasteiger charge is -2.03. The van der Waals surface area contributed by atoms with Crippen molar-refractivity contribution in [3.63, 3.8) is 0 Å². The molecule has 0 saturated heterocycles. The van der Waals surface area contributed by atoms with E-state index >= 15 is 0 Å². The minimum atomic E-state index is -0.463. The number of hydrogen-bond donors (Lipinski definition) is 1. The number of nitrogens with one attached hydrogen (secondary N) is 1. The predicted molar refractivity (Wildman–Crippen MR) is 92.3 cm³/mol. The molecule has 0 bridgehead atoms. The normalized spacial score (nSPS) is 11.1. The first-order valence-electron chi connectivity index (χ1n) is 7.76. The maximum absolute atomic E-state index is 12.5. The quantitative estimate of drug-likeness (QED) is 0.264. The molecule has 0 spiro atoms. The highest BCUT2D eigenvalue weighted by Crippen LogP contribution is 2.24. The molecule has 2 aromatic carbocycles. The van der Waals surface area contributed by atoms with Crippen LogP contribution in [0.4, 0.5) is 0 Å². The number of para-hydroxylation sites is 2. The third-order valence-corrected chi connectivity index (χ3v) is 4.08. The molecule has 0 atom stereocenters. The highest BCUT2D eigenvalue weighted by Gasteiger charge is 2.21. The summed E-state index contributed by atoms with van der Waals surface area (Å²) in [6.45, 7) is 1.32. The molecule has 0 unspecified atom stereocenters. The number of aryl methyl sites for hydroxylation is 1. The van der Waals surface area contributed by atoms with Crippen molar-refractivity contribution in [2.45, 2.75) is 6.92 Å². The second-order valence-corrected chi connectivity index (χ2v) is 5.79. The van der Waals surface area contributed by atoms with Crippen molar-refractivity contribution in [3.8, 4) is 17.1 Å². The van der Waals surface area contributed by atoms with Crippen LogP contribution in [0.15, 0.2) is 57.7 Å². The van der Waals surface area contributed by atoms with E-state index in [0.29, 0.717) is 22.7 Å².